The molecule has 1 heterocycles. The molecule has 0 bridgehead atoms. The number of carbonyl (C=O) groups excluding carboxylic acids is 1. The second kappa shape index (κ2) is 7.63. The van der Waals surface area contributed by atoms with Gasteiger partial charge in [0.2, 0.25) is 5.69 Å². The smallest absolute Gasteiger partial charge is 0.348 e. The quantitative estimate of drug-likeness (QED) is 0.693. The van der Waals surface area contributed by atoms with Crippen LogP contribution in [0.5, 0.6) is 0 Å². The van der Waals surface area contributed by atoms with Crippen molar-refractivity contribution in [3.05, 3.63) is 91.5 Å². The Morgan fingerprint density at radius 3 is 2.62 bits per heavy atom. The van der Waals surface area contributed by atoms with Crippen LogP contribution in [0.1, 0.15) is 28.9 Å². The molecule has 9 heteroatoms. The molecule has 0 unspecified atom stereocenters. The zero-order valence-electron chi connectivity index (χ0n) is 15.1. The first-order valence-corrected chi connectivity index (χ1v) is 9.35. The van der Waals surface area contributed by atoms with Crippen LogP contribution in [-0.2, 0) is 6.54 Å². The molecule has 1 fully saturated rings. The molecule has 1 N–H and O–H groups in total. The summed E-state index contributed by atoms with van der Waals surface area (Å²) in [6.45, 7) is -0.111. The van der Waals surface area contributed by atoms with Crippen LogP contribution in [0, 0.1) is 5.82 Å². The van der Waals surface area contributed by atoms with Crippen LogP contribution in [0.3, 0.4) is 0 Å². The Kier molecular flexibility index (Phi) is 5.02. The summed E-state index contributed by atoms with van der Waals surface area (Å²) < 4.78 is 15.4. The highest BCUT2D eigenvalue weighted by Gasteiger charge is 2.27. The van der Waals surface area contributed by atoms with Gasteiger partial charge in [-0.2, -0.15) is 9.78 Å². The molecule has 0 radical (unpaired) electrons. The van der Waals surface area contributed by atoms with Gasteiger partial charge in [0, 0.05) is 11.1 Å². The highest BCUT2D eigenvalue weighted by Crippen LogP contribution is 2.18. The summed E-state index contributed by atoms with van der Waals surface area (Å²) in [5.74, 6) is -1.24. The van der Waals surface area contributed by atoms with Crippen molar-refractivity contribution in [1.29, 1.82) is 0 Å². The fourth-order valence-electron chi connectivity index (χ4n) is 2.87. The van der Waals surface area contributed by atoms with Crippen LogP contribution in [0.15, 0.2) is 58.1 Å². The number of hydrogen-bond donors (Lipinski definition) is 1. The number of amides is 1. The number of benzene rings is 2. The van der Waals surface area contributed by atoms with E-state index < -0.39 is 28.7 Å². The summed E-state index contributed by atoms with van der Waals surface area (Å²) >= 11 is 5.99. The number of nitrogens with one attached hydrogen (secondary N) is 1. The Morgan fingerprint density at radius 2 is 1.93 bits per heavy atom. The molecule has 1 amide bonds. The van der Waals surface area contributed by atoms with Crippen molar-refractivity contribution >= 4 is 17.5 Å². The summed E-state index contributed by atoms with van der Waals surface area (Å²) in [4.78, 5) is 38.4. The first-order chi connectivity index (χ1) is 13.9. The number of carbonyl (C=O) groups is 1. The average Bonchev–Trinajstić information content (AvgIpc) is 3.49. The fraction of sp³-hybridized carbons (Fsp3) is 0.200. The van der Waals surface area contributed by atoms with E-state index in [9.17, 15) is 18.8 Å². The van der Waals surface area contributed by atoms with Gasteiger partial charge >= 0.3 is 5.69 Å². The maximum absolute atomic E-state index is 13.7. The van der Waals surface area contributed by atoms with E-state index in [0.29, 0.717) is 10.6 Å². The average molecular weight is 415 g/mol. The zero-order chi connectivity index (χ0) is 20.5. The van der Waals surface area contributed by atoms with Gasteiger partial charge in [-0.15, -0.1) is 0 Å². The van der Waals surface area contributed by atoms with Gasteiger partial charge in [0.05, 0.1) is 12.2 Å². The highest BCUT2D eigenvalue weighted by molar-refractivity contribution is 6.30. The van der Waals surface area contributed by atoms with E-state index in [1.165, 1.54) is 18.2 Å². The van der Waals surface area contributed by atoms with Crippen molar-refractivity contribution in [3.63, 3.8) is 0 Å². The summed E-state index contributed by atoms with van der Waals surface area (Å²) in [7, 11) is 0. The summed E-state index contributed by atoms with van der Waals surface area (Å²) in [6, 6.07) is 11.9. The molecule has 29 heavy (non-hydrogen) atoms. The third kappa shape index (κ3) is 4.12. The van der Waals surface area contributed by atoms with Crippen LogP contribution in [-0.4, -0.2) is 26.3 Å². The zero-order valence-corrected chi connectivity index (χ0v) is 15.9. The van der Waals surface area contributed by atoms with Crippen LogP contribution in [0.25, 0.3) is 5.69 Å². The first kappa shape index (κ1) is 19.1. The van der Waals surface area contributed by atoms with Crippen molar-refractivity contribution in [3.8, 4) is 5.69 Å². The Morgan fingerprint density at radius 1 is 1.17 bits per heavy atom. The molecular weight excluding hydrogens is 399 g/mol. The molecule has 7 nitrogen and oxygen atoms in total. The molecular formula is C20H16ClFN4O3. The van der Waals surface area contributed by atoms with Gasteiger partial charge in [-0.3, -0.25) is 14.2 Å². The van der Waals surface area contributed by atoms with Crippen molar-refractivity contribution in [2.24, 2.45) is 0 Å². The van der Waals surface area contributed by atoms with Crippen LogP contribution in [0.2, 0.25) is 5.02 Å². The predicted octanol–water partition coefficient (Wildman–Crippen LogP) is 2.13. The molecule has 2 aromatic carbocycles. The number of halogens is 2. The number of hydrogen-bond acceptors (Lipinski definition) is 4. The van der Waals surface area contributed by atoms with E-state index in [0.717, 1.165) is 28.2 Å². The molecule has 0 spiro atoms. The molecule has 0 saturated heterocycles. The normalized spacial score (nSPS) is 13.3. The molecule has 3 aromatic rings. The van der Waals surface area contributed by atoms with Crippen molar-refractivity contribution in [1.82, 2.24) is 19.7 Å². The Balaban J connectivity index is 1.87. The van der Waals surface area contributed by atoms with E-state index in [1.54, 1.807) is 24.3 Å². The Labute approximate surface area is 169 Å². The van der Waals surface area contributed by atoms with E-state index in [4.69, 9.17) is 11.6 Å². The van der Waals surface area contributed by atoms with E-state index in [2.05, 4.69) is 10.4 Å². The standard InChI is InChI=1S/C20H16ClFN4O3/c21-13-4-1-3-12(9-13)11-25-19(28)17(18(27)23-15-7-8-15)24-26(20(25)29)16-6-2-5-14(22)10-16/h1-6,9-10,15H,7-8,11H2,(H,23,27). The highest BCUT2D eigenvalue weighted by atomic mass is 35.5. The third-order valence-corrected chi connectivity index (χ3v) is 4.71. The Bertz CT molecular complexity index is 1220. The van der Waals surface area contributed by atoms with Gasteiger partial charge < -0.3 is 5.32 Å². The molecule has 1 aliphatic carbocycles. The molecule has 148 valence electrons. The largest absolute Gasteiger partial charge is 0.352 e. The second-order valence-corrected chi connectivity index (χ2v) is 7.23. The lowest BCUT2D eigenvalue weighted by molar-refractivity contribution is 0.0941. The van der Waals surface area contributed by atoms with E-state index in [1.807, 2.05) is 0 Å². The summed E-state index contributed by atoms with van der Waals surface area (Å²) in [5, 5.41) is 7.09. The molecule has 1 aliphatic rings. The summed E-state index contributed by atoms with van der Waals surface area (Å²) in [6.07, 6.45) is 1.65. The minimum absolute atomic E-state index is 0.000345. The van der Waals surface area contributed by atoms with E-state index >= 15 is 0 Å². The van der Waals surface area contributed by atoms with Crippen LogP contribution >= 0.6 is 11.6 Å². The van der Waals surface area contributed by atoms with Crippen LogP contribution < -0.4 is 16.6 Å². The van der Waals surface area contributed by atoms with Crippen molar-refractivity contribution < 1.29 is 9.18 Å². The SMILES string of the molecule is O=C(NC1CC1)c1nn(-c2cccc(F)c2)c(=O)n(Cc2cccc(Cl)c2)c1=O. The molecule has 1 aromatic heterocycles. The number of rotatable bonds is 5. The number of nitrogens with zero attached hydrogens (tertiary/aromatic N) is 3. The summed E-state index contributed by atoms with van der Waals surface area (Å²) in [5.41, 5.74) is -1.33. The van der Waals surface area contributed by atoms with Gasteiger partial charge in [0.1, 0.15) is 5.82 Å². The molecule has 4 rings (SSSR count). The molecule has 1 saturated carbocycles. The van der Waals surface area contributed by atoms with Gasteiger partial charge in [-0.1, -0.05) is 29.8 Å². The fourth-order valence-corrected chi connectivity index (χ4v) is 3.08. The monoisotopic (exact) mass is 414 g/mol. The topological polar surface area (TPSA) is 86.0 Å². The van der Waals surface area contributed by atoms with E-state index in [-0.39, 0.29) is 18.3 Å². The molecule has 0 aliphatic heterocycles. The number of aromatic nitrogens is 3. The lowest BCUT2D eigenvalue weighted by Crippen LogP contribution is -2.46. The minimum atomic E-state index is -0.819. The first-order valence-electron chi connectivity index (χ1n) is 8.98. The van der Waals surface area contributed by atoms with Gasteiger partial charge in [-0.25, -0.2) is 9.18 Å². The van der Waals surface area contributed by atoms with Gasteiger partial charge in [0.15, 0.2) is 0 Å². The van der Waals surface area contributed by atoms with Gasteiger partial charge in [-0.05, 0) is 48.7 Å². The Hall–Kier alpha value is -3.26. The second-order valence-electron chi connectivity index (χ2n) is 6.79. The minimum Gasteiger partial charge on any atom is -0.348 e. The maximum atomic E-state index is 13.7. The lowest BCUT2D eigenvalue weighted by atomic mass is 10.2. The predicted molar refractivity (Wildman–Crippen MR) is 105 cm³/mol. The van der Waals surface area contributed by atoms with Crippen molar-refractivity contribution in [2.75, 3.05) is 0 Å². The third-order valence-electron chi connectivity index (χ3n) is 4.47. The molecule has 0 atom stereocenters. The van der Waals surface area contributed by atoms with Crippen LogP contribution in [0.4, 0.5) is 4.39 Å². The maximum Gasteiger partial charge on any atom is 0.352 e. The van der Waals surface area contributed by atoms with Gasteiger partial charge in [0.25, 0.3) is 11.5 Å². The van der Waals surface area contributed by atoms with Crippen molar-refractivity contribution in [2.45, 2.75) is 25.4 Å². The lowest BCUT2D eigenvalue weighted by Gasteiger charge is -2.12.